The number of thioether (sulfide) groups is 1. The van der Waals surface area contributed by atoms with Crippen molar-refractivity contribution in [3.63, 3.8) is 0 Å². The van der Waals surface area contributed by atoms with Crippen LogP contribution in [0.15, 0.2) is 60.7 Å². The number of aromatic nitrogens is 4. The molecule has 334 valence electrons. The van der Waals surface area contributed by atoms with Crippen molar-refractivity contribution >= 4 is 77.3 Å². The van der Waals surface area contributed by atoms with Gasteiger partial charge in [0.25, 0.3) is 5.56 Å². The quantitative estimate of drug-likeness (QED) is 0.0657. The highest BCUT2D eigenvalue weighted by Crippen LogP contribution is 2.36. The minimum Gasteiger partial charge on any atom is -0.481 e. The van der Waals surface area contributed by atoms with Gasteiger partial charge in [-0.25, -0.2) is 28.2 Å². The molecule has 0 saturated heterocycles. The summed E-state index contributed by atoms with van der Waals surface area (Å²) >= 11 is 13.9. The van der Waals surface area contributed by atoms with E-state index in [1.807, 2.05) is 0 Å². The van der Waals surface area contributed by atoms with Gasteiger partial charge >= 0.3 is 34.6 Å². The number of ether oxygens (including phenoxy) is 1. The van der Waals surface area contributed by atoms with E-state index in [-0.39, 0.29) is 50.2 Å². The van der Waals surface area contributed by atoms with Crippen molar-refractivity contribution in [3.8, 4) is 5.69 Å². The molecule has 5 rings (SSSR count). The molecule has 5 N–H and O–H groups in total. The number of benzene rings is 2. The van der Waals surface area contributed by atoms with Crippen molar-refractivity contribution in [3.05, 3.63) is 98.8 Å². The van der Waals surface area contributed by atoms with Gasteiger partial charge in [0.05, 0.1) is 33.2 Å². The molecule has 0 bridgehead atoms. The van der Waals surface area contributed by atoms with Crippen molar-refractivity contribution in [1.82, 2.24) is 18.5 Å². The van der Waals surface area contributed by atoms with Crippen LogP contribution in [0.2, 0.25) is 10.0 Å². The first kappa shape index (κ1) is 50.8. The molecule has 26 heteroatoms. The lowest BCUT2D eigenvalue weighted by Gasteiger charge is -2.15. The summed E-state index contributed by atoms with van der Waals surface area (Å²) in [7, 11) is -2.21. The predicted octanol–water partition coefficient (Wildman–Crippen LogP) is 5.17. The van der Waals surface area contributed by atoms with Gasteiger partial charge in [-0.1, -0.05) is 23.2 Å². The number of hydrogen-bond donors (Lipinski definition) is 4. The Hall–Kier alpha value is -4.51. The van der Waals surface area contributed by atoms with Crippen LogP contribution in [0.3, 0.4) is 0 Å². The van der Waals surface area contributed by atoms with Gasteiger partial charge in [0.1, 0.15) is 23.2 Å². The fourth-order valence-corrected chi connectivity index (χ4v) is 7.93. The van der Waals surface area contributed by atoms with Crippen molar-refractivity contribution in [2.45, 2.75) is 69.4 Å². The third kappa shape index (κ3) is 14.5. The number of hydrogen-bond acceptors (Lipinski definition) is 12. The van der Waals surface area contributed by atoms with E-state index >= 15 is 0 Å². The maximum Gasteiger partial charge on any atom is 0.431 e. The van der Waals surface area contributed by atoms with E-state index < -0.39 is 66.4 Å². The number of carboxylic acid groups (broad SMARTS) is 2. The Labute approximate surface area is 361 Å². The maximum atomic E-state index is 14.2. The molecule has 4 aromatic rings. The highest BCUT2D eigenvalue weighted by molar-refractivity contribution is 8.00. The molecule has 1 aliphatic rings. The third-order valence-corrected chi connectivity index (χ3v) is 11.8. The van der Waals surface area contributed by atoms with Gasteiger partial charge in [-0.2, -0.15) is 13.2 Å². The van der Waals surface area contributed by atoms with Gasteiger partial charge in [0, 0.05) is 43.9 Å². The SMILES string of the molecule is CC(C)OC(=O)c1cc(-n2c(=O)cc(C(F)(F)F)n(C)c2=O)ccc1Cl.CP(=O)(O)CCC(N)C(=O)O.O=C(O)CSc1cc(N=c2sc(=O)n3n2CCCC3)c(F)cc1Cl. The highest BCUT2D eigenvalue weighted by atomic mass is 35.5. The van der Waals surface area contributed by atoms with Crippen LogP contribution < -0.4 is 26.7 Å². The molecule has 2 aromatic carbocycles. The molecular weight excluding hydrogens is 922 g/mol. The normalized spacial score (nSPS) is 14.1. The lowest BCUT2D eigenvalue weighted by molar-refractivity contribution is -0.144. The zero-order chi connectivity index (χ0) is 46.1. The molecule has 3 heterocycles. The van der Waals surface area contributed by atoms with E-state index in [0.29, 0.717) is 38.0 Å². The Balaban J connectivity index is 0.000000264. The summed E-state index contributed by atoms with van der Waals surface area (Å²) in [5, 5.41) is 17.2. The van der Waals surface area contributed by atoms with Crippen LogP contribution in [0.4, 0.5) is 23.2 Å². The Bertz CT molecular complexity index is 2590. The molecule has 61 heavy (non-hydrogen) atoms. The zero-order valence-electron chi connectivity index (χ0n) is 32.5. The molecule has 17 nitrogen and oxygen atoms in total. The Morgan fingerprint density at radius 3 is 2.21 bits per heavy atom. The van der Waals surface area contributed by atoms with E-state index in [4.69, 9.17) is 48.8 Å². The van der Waals surface area contributed by atoms with Gasteiger partial charge < -0.3 is 25.6 Å². The van der Waals surface area contributed by atoms with E-state index in [9.17, 15) is 50.9 Å². The van der Waals surface area contributed by atoms with Crippen molar-refractivity contribution in [2.24, 2.45) is 17.8 Å². The third-order valence-electron chi connectivity index (χ3n) is 8.01. The Kier molecular flexibility index (Phi) is 17.9. The van der Waals surface area contributed by atoms with E-state index in [0.717, 1.165) is 55.1 Å². The van der Waals surface area contributed by atoms with Crippen LogP contribution in [0.25, 0.3) is 5.69 Å². The minimum absolute atomic E-state index is 0.0104. The molecule has 0 spiro atoms. The van der Waals surface area contributed by atoms with Crippen LogP contribution >= 0.6 is 53.7 Å². The lowest BCUT2D eigenvalue weighted by Crippen LogP contribution is -2.40. The van der Waals surface area contributed by atoms with E-state index in [1.165, 1.54) is 24.9 Å². The van der Waals surface area contributed by atoms with E-state index in [1.54, 1.807) is 23.2 Å². The number of nitrogens with zero attached hydrogens (tertiary/aromatic N) is 5. The molecule has 0 fully saturated rings. The zero-order valence-corrected chi connectivity index (χ0v) is 36.6. The van der Waals surface area contributed by atoms with Crippen LogP contribution in [0.1, 0.15) is 49.2 Å². The molecule has 0 aliphatic carbocycles. The van der Waals surface area contributed by atoms with Gasteiger partial charge in [-0.15, -0.1) is 11.8 Å². The maximum absolute atomic E-state index is 14.2. The van der Waals surface area contributed by atoms with Gasteiger partial charge in [-0.3, -0.25) is 33.0 Å². The fraction of sp³-hybridized carbons (Fsp3) is 0.400. The molecule has 2 atom stereocenters. The second-order valence-electron chi connectivity index (χ2n) is 13.3. The number of rotatable bonds is 11. The molecule has 0 amide bonds. The lowest BCUT2D eigenvalue weighted by atomic mass is 10.2. The molecular formula is C35H39Cl2F4N6O11PS2. The summed E-state index contributed by atoms with van der Waals surface area (Å²) in [5.74, 6) is -3.72. The van der Waals surface area contributed by atoms with Gasteiger partial charge in [0.2, 0.25) is 4.80 Å². The van der Waals surface area contributed by atoms with Crippen LogP contribution in [0, 0.1) is 5.82 Å². The molecule has 0 radical (unpaired) electrons. The number of carbonyl (C=O) groups is 3. The van der Waals surface area contributed by atoms with Crippen LogP contribution in [-0.4, -0.2) is 82.2 Å². The van der Waals surface area contributed by atoms with Crippen molar-refractivity contribution in [2.75, 3.05) is 18.6 Å². The molecule has 1 aliphatic heterocycles. The summed E-state index contributed by atoms with van der Waals surface area (Å²) < 4.78 is 72.7. The van der Waals surface area contributed by atoms with Gasteiger partial charge in [0.15, 0.2) is 7.37 Å². The van der Waals surface area contributed by atoms with Crippen molar-refractivity contribution < 1.29 is 56.4 Å². The average Bonchev–Trinajstić information content (AvgIpc) is 3.47. The first-order chi connectivity index (χ1) is 28.2. The standard InChI is InChI=1S/C16H14ClF3N2O4.C14H13ClFN3O3S2.C5H12NO4P/c1-8(2)26-14(24)10-6-9(4-5-11(10)17)22-13(23)7-12(16(18,19)20)21(3)15(22)25;15-8-5-9(16)10(6-11(8)23-7-12(20)21)17-13-18-3-1-2-4-19(18)14(22)24-13;1-11(9,10)3-2-4(6)5(7)8/h4-8H,1-3H3;5-6H,1-4,7H2,(H,20,21);4H,2-3,6H2,1H3,(H,7,8)(H,9,10). The largest absolute Gasteiger partial charge is 0.481 e. The van der Waals surface area contributed by atoms with Gasteiger partial charge in [-0.05, 0) is 74.8 Å². The fourth-order valence-electron chi connectivity index (χ4n) is 5.10. The van der Waals surface area contributed by atoms with Crippen molar-refractivity contribution in [1.29, 1.82) is 0 Å². The summed E-state index contributed by atoms with van der Waals surface area (Å²) in [6.45, 7) is 5.71. The highest BCUT2D eigenvalue weighted by Gasteiger charge is 2.35. The van der Waals surface area contributed by atoms with Crippen LogP contribution in [0.5, 0.6) is 0 Å². The minimum atomic E-state index is -4.86. The number of fused-ring (bicyclic) bond motifs is 1. The number of carbonyl (C=O) groups excluding carboxylic acids is 1. The summed E-state index contributed by atoms with van der Waals surface area (Å²) in [6.07, 6.45) is -3.43. The number of halogens is 6. The molecule has 2 unspecified atom stereocenters. The summed E-state index contributed by atoms with van der Waals surface area (Å²) in [4.78, 5) is 83.0. The number of nitrogens with two attached hydrogens (primary N) is 1. The Morgan fingerprint density at radius 1 is 1.03 bits per heavy atom. The molecule has 0 saturated carbocycles. The smallest absolute Gasteiger partial charge is 0.431 e. The first-order valence-electron chi connectivity index (χ1n) is 17.6. The Morgan fingerprint density at radius 2 is 1.66 bits per heavy atom. The number of esters is 1. The topological polar surface area (TPSA) is 248 Å². The van der Waals surface area contributed by atoms with Crippen LogP contribution in [-0.2, 0) is 45.2 Å². The summed E-state index contributed by atoms with van der Waals surface area (Å²) in [5.41, 5.74) is 1.12. The summed E-state index contributed by atoms with van der Waals surface area (Å²) in [6, 6.07) is 5.40. The second kappa shape index (κ2) is 21.5. The average molecular weight is 962 g/mol. The number of aliphatic carboxylic acids is 2. The van der Waals surface area contributed by atoms with E-state index in [2.05, 4.69) is 4.99 Å². The molecule has 2 aromatic heterocycles. The monoisotopic (exact) mass is 960 g/mol. The predicted molar refractivity (Wildman–Crippen MR) is 219 cm³/mol. The number of alkyl halides is 3. The first-order valence-corrected chi connectivity index (χ1v) is 22.4. The second-order valence-corrected chi connectivity index (χ2v) is 18.6. The number of carboxylic acids is 2.